The number of thioether (sulfide) groups is 1. The number of aromatic nitrogens is 2. The molecule has 3 aromatic carbocycles. The number of benzene rings is 3. The number of furan rings is 1. The van der Waals surface area contributed by atoms with Crippen LogP contribution in [0.4, 0.5) is 10.1 Å². The van der Waals surface area contributed by atoms with E-state index in [0.29, 0.717) is 37.9 Å². The van der Waals surface area contributed by atoms with Crippen LogP contribution in [0.25, 0.3) is 22.1 Å². The van der Waals surface area contributed by atoms with Gasteiger partial charge in [-0.2, -0.15) is 0 Å². The summed E-state index contributed by atoms with van der Waals surface area (Å²) in [6.07, 6.45) is 0. The second kappa shape index (κ2) is 9.32. The second-order valence-corrected chi connectivity index (χ2v) is 8.85. The number of halogens is 2. The number of nitrogens with zero attached hydrogens (tertiary/aromatic N) is 2. The van der Waals surface area contributed by atoms with E-state index < -0.39 is 0 Å². The minimum atomic E-state index is -0.375. The van der Waals surface area contributed by atoms with Gasteiger partial charge in [-0.15, -0.1) is 0 Å². The molecule has 6 nitrogen and oxygen atoms in total. The summed E-state index contributed by atoms with van der Waals surface area (Å²) in [6, 6.07) is 20.1. The molecule has 5 rings (SSSR count). The highest BCUT2D eigenvalue weighted by molar-refractivity contribution is 7.99. The Morgan fingerprint density at radius 3 is 2.59 bits per heavy atom. The summed E-state index contributed by atoms with van der Waals surface area (Å²) in [5.74, 6) is -0.659. The van der Waals surface area contributed by atoms with Gasteiger partial charge in [0, 0.05) is 5.39 Å². The molecule has 0 saturated heterocycles. The molecule has 2 heterocycles. The van der Waals surface area contributed by atoms with Gasteiger partial charge in [0.2, 0.25) is 11.5 Å². The zero-order valence-corrected chi connectivity index (χ0v) is 19.2. The number of nitrogens with one attached hydrogen (secondary N) is 1. The lowest BCUT2D eigenvalue weighted by atomic mass is 10.2. The van der Waals surface area contributed by atoms with E-state index in [4.69, 9.17) is 16.0 Å². The van der Waals surface area contributed by atoms with Crippen LogP contribution < -0.4 is 10.9 Å². The molecule has 1 N–H and O–H groups in total. The predicted molar refractivity (Wildman–Crippen MR) is 132 cm³/mol. The van der Waals surface area contributed by atoms with E-state index >= 15 is 0 Å². The monoisotopic (exact) mass is 493 g/mol. The van der Waals surface area contributed by atoms with Gasteiger partial charge in [0.15, 0.2) is 5.16 Å². The lowest BCUT2D eigenvalue weighted by Gasteiger charge is -2.12. The van der Waals surface area contributed by atoms with Gasteiger partial charge in [-0.25, -0.2) is 9.37 Å². The maximum absolute atomic E-state index is 13.4. The number of para-hydroxylation sites is 2. The highest BCUT2D eigenvalue weighted by atomic mass is 35.5. The van der Waals surface area contributed by atoms with Crippen molar-refractivity contribution in [1.29, 1.82) is 0 Å². The van der Waals surface area contributed by atoms with Crippen molar-refractivity contribution in [2.75, 3.05) is 11.1 Å². The summed E-state index contributed by atoms with van der Waals surface area (Å²) in [5.41, 5.74) is 1.96. The molecule has 0 unspecified atom stereocenters. The Labute approximate surface area is 202 Å². The zero-order chi connectivity index (χ0) is 23.7. The Balaban J connectivity index is 1.51. The number of carbonyl (C=O) groups is 1. The molecule has 0 aliphatic rings. The third-order valence-electron chi connectivity index (χ3n) is 5.18. The SMILES string of the molecule is O=C(CSc1nc2c(oc3ccccc32)c(=O)n1Cc1ccc(F)cc1)Nc1ccccc1Cl. The molecule has 0 fully saturated rings. The van der Waals surface area contributed by atoms with Crippen LogP contribution in [-0.4, -0.2) is 21.2 Å². The van der Waals surface area contributed by atoms with Crippen LogP contribution >= 0.6 is 23.4 Å². The van der Waals surface area contributed by atoms with Gasteiger partial charge >= 0.3 is 0 Å². The first-order valence-electron chi connectivity index (χ1n) is 10.3. The molecule has 170 valence electrons. The molecule has 34 heavy (non-hydrogen) atoms. The molecule has 0 aliphatic heterocycles. The number of hydrogen-bond acceptors (Lipinski definition) is 5. The first kappa shape index (κ1) is 22.2. The number of rotatable bonds is 6. The quantitative estimate of drug-likeness (QED) is 0.242. The van der Waals surface area contributed by atoms with Gasteiger partial charge < -0.3 is 9.73 Å². The van der Waals surface area contributed by atoms with E-state index in [0.717, 1.165) is 11.8 Å². The molecule has 9 heteroatoms. The Morgan fingerprint density at radius 1 is 1.06 bits per heavy atom. The van der Waals surface area contributed by atoms with Crippen LogP contribution in [0.5, 0.6) is 0 Å². The van der Waals surface area contributed by atoms with Crippen molar-refractivity contribution in [3.63, 3.8) is 0 Å². The molecule has 1 amide bonds. The molecule has 0 radical (unpaired) electrons. The van der Waals surface area contributed by atoms with E-state index in [1.54, 1.807) is 42.5 Å². The highest BCUT2D eigenvalue weighted by Gasteiger charge is 2.19. The fraction of sp³-hybridized carbons (Fsp3) is 0.0800. The summed E-state index contributed by atoms with van der Waals surface area (Å²) in [6.45, 7) is 0.146. The van der Waals surface area contributed by atoms with E-state index in [9.17, 15) is 14.0 Å². The van der Waals surface area contributed by atoms with Crippen molar-refractivity contribution >= 4 is 57.0 Å². The van der Waals surface area contributed by atoms with E-state index in [1.807, 2.05) is 18.2 Å². The minimum Gasteiger partial charge on any atom is -0.448 e. The van der Waals surface area contributed by atoms with Gasteiger partial charge in [-0.1, -0.05) is 59.8 Å². The van der Waals surface area contributed by atoms with E-state index in [-0.39, 0.29) is 35.2 Å². The first-order valence-corrected chi connectivity index (χ1v) is 11.7. The fourth-order valence-electron chi connectivity index (χ4n) is 3.55. The number of amides is 1. The van der Waals surface area contributed by atoms with Crippen molar-refractivity contribution in [2.45, 2.75) is 11.7 Å². The lowest BCUT2D eigenvalue weighted by Crippen LogP contribution is -2.24. The number of hydrogen-bond donors (Lipinski definition) is 1. The number of anilines is 1. The maximum atomic E-state index is 13.4. The van der Waals surface area contributed by atoms with Crippen LogP contribution in [0.3, 0.4) is 0 Å². The lowest BCUT2D eigenvalue weighted by molar-refractivity contribution is -0.113. The van der Waals surface area contributed by atoms with Gasteiger partial charge in [0.1, 0.15) is 16.9 Å². The highest BCUT2D eigenvalue weighted by Crippen LogP contribution is 2.28. The summed E-state index contributed by atoms with van der Waals surface area (Å²) in [7, 11) is 0. The smallest absolute Gasteiger partial charge is 0.298 e. The van der Waals surface area contributed by atoms with Crippen LogP contribution in [0.2, 0.25) is 5.02 Å². The Hall–Kier alpha value is -3.62. The van der Waals surface area contributed by atoms with Gasteiger partial charge in [-0.3, -0.25) is 14.2 Å². The average molecular weight is 494 g/mol. The zero-order valence-electron chi connectivity index (χ0n) is 17.6. The van der Waals surface area contributed by atoms with Gasteiger partial charge in [0.25, 0.3) is 5.56 Å². The Kier molecular flexibility index (Phi) is 6.08. The second-order valence-electron chi connectivity index (χ2n) is 7.50. The molecule has 2 aromatic heterocycles. The minimum absolute atomic E-state index is 0.00235. The topological polar surface area (TPSA) is 77.1 Å². The van der Waals surface area contributed by atoms with Crippen LogP contribution in [0.15, 0.2) is 87.2 Å². The van der Waals surface area contributed by atoms with Gasteiger partial charge in [-0.05, 0) is 42.0 Å². The molecule has 0 saturated carbocycles. The van der Waals surface area contributed by atoms with Crippen molar-refractivity contribution in [1.82, 2.24) is 9.55 Å². The normalized spacial score (nSPS) is 11.2. The molecule has 0 spiro atoms. The van der Waals surface area contributed by atoms with Crippen LogP contribution in [0, 0.1) is 5.82 Å². The molecule has 0 aliphatic carbocycles. The summed E-state index contributed by atoms with van der Waals surface area (Å²) in [5, 5.41) is 4.26. The average Bonchev–Trinajstić information content (AvgIpc) is 3.21. The van der Waals surface area contributed by atoms with Crippen LogP contribution in [0.1, 0.15) is 5.56 Å². The molecule has 0 bridgehead atoms. The summed E-state index contributed by atoms with van der Waals surface area (Å²) >= 11 is 7.25. The van der Waals surface area contributed by atoms with Crippen molar-refractivity contribution in [3.8, 4) is 0 Å². The Morgan fingerprint density at radius 2 is 1.79 bits per heavy atom. The predicted octanol–water partition coefficient (Wildman–Crippen LogP) is 5.71. The third-order valence-corrected chi connectivity index (χ3v) is 6.49. The third kappa shape index (κ3) is 4.42. The van der Waals surface area contributed by atoms with Crippen LogP contribution in [-0.2, 0) is 11.3 Å². The van der Waals surface area contributed by atoms with Crippen molar-refractivity contribution in [2.24, 2.45) is 0 Å². The standard InChI is InChI=1S/C25H17ClFN3O3S/c26-18-6-2-3-7-19(18)28-21(31)14-34-25-29-22-17-5-1-4-8-20(17)33-23(22)24(32)30(25)13-15-9-11-16(27)12-10-15/h1-12H,13-14H2,(H,28,31). The maximum Gasteiger partial charge on any atom is 0.298 e. The summed E-state index contributed by atoms with van der Waals surface area (Å²) < 4.78 is 20.6. The number of fused-ring (bicyclic) bond motifs is 3. The van der Waals surface area contributed by atoms with E-state index in [2.05, 4.69) is 10.3 Å². The largest absolute Gasteiger partial charge is 0.448 e. The molecular formula is C25H17ClFN3O3S. The molecule has 0 atom stereocenters. The Bertz CT molecular complexity index is 1580. The first-order chi connectivity index (χ1) is 16.5. The van der Waals surface area contributed by atoms with Crippen molar-refractivity contribution in [3.05, 3.63) is 99.6 Å². The fourth-order valence-corrected chi connectivity index (χ4v) is 4.53. The van der Waals surface area contributed by atoms with Gasteiger partial charge in [0.05, 0.1) is 23.0 Å². The molecular weight excluding hydrogens is 477 g/mol. The molecule has 5 aromatic rings. The van der Waals surface area contributed by atoms with E-state index in [1.165, 1.54) is 16.7 Å². The number of carbonyl (C=O) groups excluding carboxylic acids is 1. The summed E-state index contributed by atoms with van der Waals surface area (Å²) in [4.78, 5) is 30.7. The van der Waals surface area contributed by atoms with Crippen molar-refractivity contribution < 1.29 is 13.6 Å².